The predicted octanol–water partition coefficient (Wildman–Crippen LogP) is 4.43. The number of unbranched alkanes of at least 4 members (excludes halogenated alkanes) is 2. The summed E-state index contributed by atoms with van der Waals surface area (Å²) in [7, 11) is 0. The molecule has 2 aromatic rings. The molecule has 0 aliphatic heterocycles. The van der Waals surface area contributed by atoms with E-state index < -0.39 is 0 Å². The van der Waals surface area contributed by atoms with Gasteiger partial charge in [-0.3, -0.25) is 4.79 Å². The number of carbonyl (C=O) groups is 1. The number of carbonyl (C=O) groups excluding carboxylic acids is 1. The number of nitrogens with one attached hydrogen (secondary N) is 1. The van der Waals surface area contributed by atoms with Crippen molar-refractivity contribution in [2.24, 2.45) is 5.73 Å². The van der Waals surface area contributed by atoms with E-state index in [2.05, 4.69) is 49.5 Å². The van der Waals surface area contributed by atoms with Gasteiger partial charge in [-0.25, -0.2) is 0 Å². The molecule has 0 saturated heterocycles. The zero-order valence-electron chi connectivity index (χ0n) is 14.1. The van der Waals surface area contributed by atoms with Crippen LogP contribution in [0.15, 0.2) is 42.5 Å². The fraction of sp³-hybridized carbons (Fsp3) is 0.350. The molecular formula is C20H26N2O. The molecule has 2 rings (SSSR count). The topological polar surface area (TPSA) is 55.1 Å². The fourth-order valence-corrected chi connectivity index (χ4v) is 2.70. The molecule has 0 aliphatic carbocycles. The quantitative estimate of drug-likeness (QED) is 0.743. The van der Waals surface area contributed by atoms with Gasteiger partial charge in [-0.15, -0.1) is 0 Å². The van der Waals surface area contributed by atoms with Crippen molar-refractivity contribution in [1.82, 2.24) is 0 Å². The molecule has 2 aromatic carbocycles. The molecule has 0 aromatic heterocycles. The number of hydrogen-bond donors (Lipinski definition) is 2. The number of aryl methyl sites for hydroxylation is 2. The Kier molecular flexibility index (Phi) is 6.36. The van der Waals surface area contributed by atoms with Crippen molar-refractivity contribution in [2.75, 3.05) is 11.9 Å². The van der Waals surface area contributed by atoms with E-state index in [1.165, 1.54) is 22.3 Å². The summed E-state index contributed by atoms with van der Waals surface area (Å²) in [6, 6.07) is 14.5. The molecule has 0 radical (unpaired) electrons. The Labute approximate surface area is 138 Å². The second-order valence-electron chi connectivity index (χ2n) is 6.04. The van der Waals surface area contributed by atoms with Gasteiger partial charge in [0.25, 0.3) is 0 Å². The molecule has 0 bridgehead atoms. The molecule has 0 unspecified atom stereocenters. The van der Waals surface area contributed by atoms with Crippen LogP contribution >= 0.6 is 0 Å². The standard InChI is InChI=1S/C20H26N2O/c1-15-7-12-19(16(2)14-15)17-8-10-18(11-9-17)22-20(23)6-4-3-5-13-21/h7-12,14H,3-6,13,21H2,1-2H3,(H,22,23). The summed E-state index contributed by atoms with van der Waals surface area (Å²) < 4.78 is 0. The number of rotatable bonds is 7. The molecule has 0 fully saturated rings. The van der Waals surface area contributed by atoms with Gasteiger partial charge in [-0.2, -0.15) is 0 Å². The van der Waals surface area contributed by atoms with Crippen LogP contribution in [0, 0.1) is 13.8 Å². The average molecular weight is 310 g/mol. The third-order valence-electron chi connectivity index (χ3n) is 3.97. The van der Waals surface area contributed by atoms with Crippen molar-refractivity contribution in [3.05, 3.63) is 53.6 Å². The van der Waals surface area contributed by atoms with E-state index in [0.717, 1.165) is 24.9 Å². The van der Waals surface area contributed by atoms with Crippen LogP contribution in [0.5, 0.6) is 0 Å². The minimum atomic E-state index is 0.0706. The summed E-state index contributed by atoms with van der Waals surface area (Å²) in [6.07, 6.45) is 3.44. The third-order valence-corrected chi connectivity index (χ3v) is 3.97. The predicted molar refractivity (Wildman–Crippen MR) is 97.5 cm³/mol. The van der Waals surface area contributed by atoms with Crippen LogP contribution in [0.3, 0.4) is 0 Å². The lowest BCUT2D eigenvalue weighted by molar-refractivity contribution is -0.116. The van der Waals surface area contributed by atoms with Crippen molar-refractivity contribution in [3.8, 4) is 11.1 Å². The molecular weight excluding hydrogens is 284 g/mol. The summed E-state index contributed by atoms with van der Waals surface area (Å²) >= 11 is 0. The van der Waals surface area contributed by atoms with Crippen LogP contribution in [0.1, 0.15) is 36.8 Å². The molecule has 3 nitrogen and oxygen atoms in total. The largest absolute Gasteiger partial charge is 0.330 e. The van der Waals surface area contributed by atoms with Crippen LogP contribution in [0.2, 0.25) is 0 Å². The lowest BCUT2D eigenvalue weighted by atomic mass is 9.98. The molecule has 0 aliphatic rings. The van der Waals surface area contributed by atoms with Crippen molar-refractivity contribution >= 4 is 11.6 Å². The molecule has 0 heterocycles. The van der Waals surface area contributed by atoms with Crippen LogP contribution in [0.25, 0.3) is 11.1 Å². The van der Waals surface area contributed by atoms with E-state index in [4.69, 9.17) is 5.73 Å². The summed E-state index contributed by atoms with van der Waals surface area (Å²) in [5.41, 5.74) is 11.2. The summed E-state index contributed by atoms with van der Waals surface area (Å²) in [4.78, 5) is 11.9. The number of hydrogen-bond acceptors (Lipinski definition) is 2. The summed E-state index contributed by atoms with van der Waals surface area (Å²) in [5.74, 6) is 0.0706. The zero-order chi connectivity index (χ0) is 16.7. The first-order chi connectivity index (χ1) is 11.1. The van der Waals surface area contributed by atoms with Gasteiger partial charge in [-0.05, 0) is 62.1 Å². The number of benzene rings is 2. The van der Waals surface area contributed by atoms with Crippen molar-refractivity contribution in [2.45, 2.75) is 39.5 Å². The third kappa shape index (κ3) is 5.22. The van der Waals surface area contributed by atoms with Crippen LogP contribution in [-0.4, -0.2) is 12.5 Å². The Balaban J connectivity index is 1.95. The van der Waals surface area contributed by atoms with E-state index >= 15 is 0 Å². The molecule has 0 saturated carbocycles. The first-order valence-corrected chi connectivity index (χ1v) is 8.28. The van der Waals surface area contributed by atoms with Gasteiger partial charge in [0.1, 0.15) is 0 Å². The lowest BCUT2D eigenvalue weighted by Crippen LogP contribution is -2.11. The molecule has 3 heteroatoms. The van der Waals surface area contributed by atoms with Gasteiger partial charge < -0.3 is 11.1 Å². The SMILES string of the molecule is Cc1ccc(-c2ccc(NC(=O)CCCCCN)cc2)c(C)c1. The smallest absolute Gasteiger partial charge is 0.224 e. The monoisotopic (exact) mass is 310 g/mol. The Morgan fingerprint density at radius 3 is 2.39 bits per heavy atom. The molecule has 3 N–H and O–H groups in total. The second kappa shape index (κ2) is 8.49. The summed E-state index contributed by atoms with van der Waals surface area (Å²) in [5, 5.41) is 2.95. The highest BCUT2D eigenvalue weighted by Crippen LogP contribution is 2.25. The first-order valence-electron chi connectivity index (χ1n) is 8.28. The molecule has 0 spiro atoms. The second-order valence-corrected chi connectivity index (χ2v) is 6.04. The molecule has 0 atom stereocenters. The van der Waals surface area contributed by atoms with E-state index in [9.17, 15) is 4.79 Å². The van der Waals surface area contributed by atoms with Crippen molar-refractivity contribution in [1.29, 1.82) is 0 Å². The van der Waals surface area contributed by atoms with E-state index in [-0.39, 0.29) is 5.91 Å². The Morgan fingerprint density at radius 2 is 1.74 bits per heavy atom. The van der Waals surface area contributed by atoms with Crippen molar-refractivity contribution < 1.29 is 4.79 Å². The van der Waals surface area contributed by atoms with Gasteiger partial charge >= 0.3 is 0 Å². The summed E-state index contributed by atoms with van der Waals surface area (Å²) in [6.45, 7) is 4.92. The highest BCUT2D eigenvalue weighted by molar-refractivity contribution is 5.91. The van der Waals surface area contributed by atoms with E-state index in [0.29, 0.717) is 13.0 Å². The van der Waals surface area contributed by atoms with Crippen LogP contribution in [-0.2, 0) is 4.79 Å². The zero-order valence-corrected chi connectivity index (χ0v) is 14.1. The van der Waals surface area contributed by atoms with Gasteiger partial charge in [0.2, 0.25) is 5.91 Å². The fourth-order valence-electron chi connectivity index (χ4n) is 2.70. The number of anilines is 1. The first kappa shape index (κ1) is 17.2. The Morgan fingerprint density at radius 1 is 1.00 bits per heavy atom. The Hall–Kier alpha value is -2.13. The average Bonchev–Trinajstić information content (AvgIpc) is 2.53. The van der Waals surface area contributed by atoms with Gasteiger partial charge in [0.05, 0.1) is 0 Å². The number of nitrogens with two attached hydrogens (primary N) is 1. The highest BCUT2D eigenvalue weighted by Gasteiger charge is 2.05. The van der Waals surface area contributed by atoms with Crippen molar-refractivity contribution in [3.63, 3.8) is 0 Å². The van der Waals surface area contributed by atoms with Gasteiger partial charge in [-0.1, -0.05) is 42.3 Å². The van der Waals surface area contributed by atoms with E-state index in [1.54, 1.807) is 0 Å². The molecule has 1 amide bonds. The van der Waals surface area contributed by atoms with Crippen LogP contribution in [0.4, 0.5) is 5.69 Å². The highest BCUT2D eigenvalue weighted by atomic mass is 16.1. The van der Waals surface area contributed by atoms with E-state index in [1.807, 2.05) is 12.1 Å². The van der Waals surface area contributed by atoms with Gasteiger partial charge in [0.15, 0.2) is 0 Å². The lowest BCUT2D eigenvalue weighted by Gasteiger charge is -2.09. The molecule has 23 heavy (non-hydrogen) atoms. The normalized spacial score (nSPS) is 10.6. The Bertz CT molecular complexity index is 647. The maximum absolute atomic E-state index is 11.9. The number of amides is 1. The molecule has 122 valence electrons. The van der Waals surface area contributed by atoms with Crippen LogP contribution < -0.4 is 11.1 Å². The maximum Gasteiger partial charge on any atom is 0.224 e. The minimum absolute atomic E-state index is 0.0706. The maximum atomic E-state index is 11.9. The van der Waals surface area contributed by atoms with Gasteiger partial charge in [0, 0.05) is 12.1 Å². The minimum Gasteiger partial charge on any atom is -0.330 e.